The quantitative estimate of drug-likeness (QED) is 0.671. The van der Waals surface area contributed by atoms with Crippen LogP contribution in [-0.2, 0) is 13.0 Å². The van der Waals surface area contributed by atoms with E-state index in [-0.39, 0.29) is 0 Å². The van der Waals surface area contributed by atoms with Gasteiger partial charge < -0.3 is 4.52 Å². The van der Waals surface area contributed by atoms with Gasteiger partial charge in [0.15, 0.2) is 0 Å². The Bertz CT molecular complexity index is 712. The Morgan fingerprint density at radius 2 is 1.96 bits per heavy atom. The Morgan fingerprint density at radius 3 is 2.70 bits per heavy atom. The Labute approximate surface area is 136 Å². The van der Waals surface area contributed by atoms with Gasteiger partial charge in [0.2, 0.25) is 11.7 Å². The van der Waals surface area contributed by atoms with E-state index >= 15 is 0 Å². The second-order valence-corrected chi connectivity index (χ2v) is 5.36. The van der Waals surface area contributed by atoms with Gasteiger partial charge in [0.25, 0.3) is 0 Å². The average Bonchev–Trinajstić information content (AvgIpc) is 3.09. The lowest BCUT2D eigenvalue weighted by Gasteiger charge is -2.17. The van der Waals surface area contributed by atoms with Gasteiger partial charge in [-0.1, -0.05) is 42.4 Å². The van der Waals surface area contributed by atoms with Crippen LogP contribution in [0.15, 0.2) is 59.4 Å². The van der Waals surface area contributed by atoms with E-state index in [2.05, 4.69) is 51.2 Å². The highest BCUT2D eigenvalue weighted by molar-refractivity contribution is 5.51. The first kappa shape index (κ1) is 15.4. The summed E-state index contributed by atoms with van der Waals surface area (Å²) in [6, 6.07) is 14.3. The molecule has 5 heteroatoms. The van der Waals surface area contributed by atoms with Crippen molar-refractivity contribution in [3.05, 3.63) is 66.3 Å². The molecule has 2 aromatic heterocycles. The maximum Gasteiger partial charge on any atom is 0.241 e. The van der Waals surface area contributed by atoms with Gasteiger partial charge in [-0.15, -0.1) is 0 Å². The van der Waals surface area contributed by atoms with E-state index in [1.54, 1.807) is 12.4 Å². The third-order valence-corrected chi connectivity index (χ3v) is 3.75. The molecule has 0 aliphatic carbocycles. The van der Waals surface area contributed by atoms with Gasteiger partial charge in [-0.3, -0.25) is 9.88 Å². The molecule has 3 rings (SSSR count). The smallest absolute Gasteiger partial charge is 0.241 e. The van der Waals surface area contributed by atoms with Gasteiger partial charge in [-0.25, -0.2) is 0 Å². The van der Waals surface area contributed by atoms with Crippen LogP contribution in [0.5, 0.6) is 0 Å². The largest absolute Gasteiger partial charge is 0.338 e. The summed E-state index contributed by atoms with van der Waals surface area (Å²) in [5.74, 6) is 1.23. The van der Waals surface area contributed by atoms with Crippen LogP contribution in [-0.4, -0.2) is 33.1 Å². The number of nitrogens with zero attached hydrogens (tertiary/aromatic N) is 4. The fraction of sp³-hybridized carbons (Fsp3) is 0.278. The molecule has 0 radical (unpaired) electrons. The first-order valence-electron chi connectivity index (χ1n) is 7.84. The maximum absolute atomic E-state index is 5.37. The summed E-state index contributed by atoms with van der Waals surface area (Å²) in [7, 11) is 0. The second-order valence-electron chi connectivity index (χ2n) is 5.36. The Hall–Kier alpha value is -2.53. The minimum absolute atomic E-state index is 0.590. The molecule has 0 aliphatic rings. The molecule has 118 valence electrons. The third kappa shape index (κ3) is 4.23. The predicted octanol–water partition coefficient (Wildman–Crippen LogP) is 3.20. The lowest BCUT2D eigenvalue weighted by atomic mass is 10.1. The SMILES string of the molecule is CCN(CCc1ccccc1)Cc1nc(-c2cccnc2)no1. The van der Waals surface area contributed by atoms with E-state index in [1.807, 2.05) is 18.2 Å². The maximum atomic E-state index is 5.37. The van der Waals surface area contributed by atoms with Gasteiger partial charge in [0, 0.05) is 24.5 Å². The van der Waals surface area contributed by atoms with Crippen molar-refractivity contribution in [3.63, 3.8) is 0 Å². The zero-order valence-electron chi connectivity index (χ0n) is 13.2. The average molecular weight is 308 g/mol. The van der Waals surface area contributed by atoms with Crippen LogP contribution in [0.1, 0.15) is 18.4 Å². The molecule has 0 amide bonds. The fourth-order valence-corrected chi connectivity index (χ4v) is 2.40. The third-order valence-electron chi connectivity index (χ3n) is 3.75. The lowest BCUT2D eigenvalue weighted by molar-refractivity contribution is 0.238. The second kappa shape index (κ2) is 7.65. The van der Waals surface area contributed by atoms with Crippen LogP contribution >= 0.6 is 0 Å². The number of hydrogen-bond donors (Lipinski definition) is 0. The van der Waals surface area contributed by atoms with Crippen LogP contribution in [0.3, 0.4) is 0 Å². The summed E-state index contributed by atoms with van der Waals surface area (Å²) in [5, 5.41) is 4.04. The van der Waals surface area contributed by atoms with Crippen LogP contribution in [0.4, 0.5) is 0 Å². The monoisotopic (exact) mass is 308 g/mol. The summed E-state index contributed by atoms with van der Waals surface area (Å²) in [6.45, 7) is 4.71. The molecule has 5 nitrogen and oxygen atoms in total. The Morgan fingerprint density at radius 1 is 1.09 bits per heavy atom. The van der Waals surface area contributed by atoms with Crippen molar-refractivity contribution >= 4 is 0 Å². The van der Waals surface area contributed by atoms with Crippen LogP contribution in [0, 0.1) is 0 Å². The van der Waals surface area contributed by atoms with Crippen LogP contribution < -0.4 is 0 Å². The molecule has 2 heterocycles. The predicted molar refractivity (Wildman–Crippen MR) is 88.6 cm³/mol. The van der Waals surface area contributed by atoms with Crippen molar-refractivity contribution in [2.45, 2.75) is 19.9 Å². The molecule has 0 saturated heterocycles. The number of benzene rings is 1. The minimum atomic E-state index is 0.590. The molecule has 0 unspecified atom stereocenters. The van der Waals surface area contributed by atoms with Crippen molar-refractivity contribution in [1.82, 2.24) is 20.0 Å². The highest BCUT2D eigenvalue weighted by Crippen LogP contribution is 2.14. The summed E-state index contributed by atoms with van der Waals surface area (Å²) in [5.41, 5.74) is 2.21. The van der Waals surface area contributed by atoms with Crippen molar-refractivity contribution in [1.29, 1.82) is 0 Å². The zero-order valence-corrected chi connectivity index (χ0v) is 13.2. The number of aromatic nitrogens is 3. The van der Waals surface area contributed by atoms with Crippen LogP contribution in [0.2, 0.25) is 0 Å². The number of likely N-dealkylation sites (N-methyl/N-ethyl adjacent to an activating group) is 1. The van der Waals surface area contributed by atoms with Gasteiger partial charge in [0.05, 0.1) is 6.54 Å². The van der Waals surface area contributed by atoms with Crippen molar-refractivity contribution in [3.8, 4) is 11.4 Å². The van der Waals surface area contributed by atoms with Gasteiger partial charge >= 0.3 is 0 Å². The van der Waals surface area contributed by atoms with Crippen molar-refractivity contribution in [2.75, 3.05) is 13.1 Å². The standard InChI is InChI=1S/C18H20N4O/c1-2-22(12-10-15-7-4-3-5-8-15)14-17-20-18(21-23-17)16-9-6-11-19-13-16/h3-9,11,13H,2,10,12,14H2,1H3. The van der Waals surface area contributed by atoms with E-state index in [9.17, 15) is 0 Å². The van der Waals surface area contributed by atoms with Crippen molar-refractivity contribution < 1.29 is 4.52 Å². The van der Waals surface area contributed by atoms with E-state index in [0.717, 1.165) is 25.1 Å². The molecule has 0 fully saturated rings. The Kier molecular flexibility index (Phi) is 5.11. The van der Waals surface area contributed by atoms with Crippen LogP contribution in [0.25, 0.3) is 11.4 Å². The Balaban J connectivity index is 1.60. The summed E-state index contributed by atoms with van der Waals surface area (Å²) in [4.78, 5) is 10.8. The first-order valence-corrected chi connectivity index (χ1v) is 7.84. The molecule has 23 heavy (non-hydrogen) atoms. The molecule has 0 atom stereocenters. The summed E-state index contributed by atoms with van der Waals surface area (Å²) >= 11 is 0. The molecule has 1 aromatic carbocycles. The topological polar surface area (TPSA) is 55.1 Å². The molecule has 0 spiro atoms. The lowest BCUT2D eigenvalue weighted by Crippen LogP contribution is -2.25. The normalized spacial score (nSPS) is 11.0. The van der Waals surface area contributed by atoms with Gasteiger partial charge in [-0.2, -0.15) is 4.98 Å². The number of pyridine rings is 1. The molecule has 0 bridgehead atoms. The highest BCUT2D eigenvalue weighted by Gasteiger charge is 2.12. The van der Waals surface area contributed by atoms with E-state index < -0.39 is 0 Å². The van der Waals surface area contributed by atoms with E-state index in [0.29, 0.717) is 18.3 Å². The summed E-state index contributed by atoms with van der Waals surface area (Å²) < 4.78 is 5.37. The zero-order chi connectivity index (χ0) is 15.9. The van der Waals surface area contributed by atoms with E-state index in [1.165, 1.54) is 5.56 Å². The summed E-state index contributed by atoms with van der Waals surface area (Å²) in [6.07, 6.45) is 4.48. The van der Waals surface area contributed by atoms with Gasteiger partial charge in [-0.05, 0) is 30.7 Å². The molecular weight excluding hydrogens is 288 g/mol. The van der Waals surface area contributed by atoms with E-state index in [4.69, 9.17) is 4.52 Å². The molecule has 3 aromatic rings. The van der Waals surface area contributed by atoms with Crippen molar-refractivity contribution in [2.24, 2.45) is 0 Å². The molecule has 0 saturated carbocycles. The molecular formula is C18H20N4O. The van der Waals surface area contributed by atoms with Gasteiger partial charge in [0.1, 0.15) is 0 Å². The fourth-order valence-electron chi connectivity index (χ4n) is 2.40. The number of rotatable bonds is 7. The molecule has 0 aliphatic heterocycles. The molecule has 0 N–H and O–H groups in total. The minimum Gasteiger partial charge on any atom is -0.338 e. The number of hydrogen-bond acceptors (Lipinski definition) is 5. The highest BCUT2D eigenvalue weighted by atomic mass is 16.5. The first-order chi connectivity index (χ1) is 11.3.